The second-order valence-corrected chi connectivity index (χ2v) is 7.33. The highest BCUT2D eigenvalue weighted by atomic mass is 35.5. The van der Waals surface area contributed by atoms with Crippen LogP contribution in [-0.4, -0.2) is 33.3 Å². The number of hydrogen-bond acceptors (Lipinski definition) is 4. The average molecular weight is 438 g/mol. The highest BCUT2D eigenvalue weighted by Gasteiger charge is 2.10. The number of fused-ring (bicyclic) bond motifs is 1. The van der Waals surface area contributed by atoms with Gasteiger partial charge in [-0.15, -0.1) is 0 Å². The number of methoxy groups -OCH3 is 1. The molecule has 0 spiro atoms. The number of rotatable bonds is 7. The Morgan fingerprint density at radius 2 is 1.74 bits per heavy atom. The first-order chi connectivity index (χ1) is 15.0. The average Bonchev–Trinajstić information content (AvgIpc) is 3.35. The van der Waals surface area contributed by atoms with Crippen LogP contribution < -0.4 is 15.4 Å². The zero-order chi connectivity index (χ0) is 21.8. The summed E-state index contributed by atoms with van der Waals surface area (Å²) in [7, 11) is 1.58. The molecule has 31 heavy (non-hydrogen) atoms. The number of amides is 2. The molecule has 2 amide bonds. The fraction of sp³-hybridized carbons (Fsp3) is 0.136. The van der Waals surface area contributed by atoms with E-state index >= 15 is 0 Å². The summed E-state index contributed by atoms with van der Waals surface area (Å²) in [6, 6.07) is 14.5. The van der Waals surface area contributed by atoms with Crippen LogP contribution in [0.2, 0.25) is 5.02 Å². The van der Waals surface area contributed by atoms with E-state index in [2.05, 4.69) is 15.7 Å². The number of nitrogens with zero attached hydrogens (tertiary/aromatic N) is 3. The molecule has 0 aliphatic carbocycles. The van der Waals surface area contributed by atoms with Gasteiger partial charge in [0.25, 0.3) is 0 Å². The zero-order valence-corrected chi connectivity index (χ0v) is 17.5. The van der Waals surface area contributed by atoms with Gasteiger partial charge < -0.3 is 19.9 Å². The monoisotopic (exact) mass is 437 g/mol. The number of hydrogen-bond donors (Lipinski definition) is 2. The lowest BCUT2D eigenvalue weighted by atomic mass is 10.2. The van der Waals surface area contributed by atoms with Crippen LogP contribution in [0.4, 0.5) is 11.4 Å². The van der Waals surface area contributed by atoms with Gasteiger partial charge in [-0.3, -0.25) is 14.3 Å². The van der Waals surface area contributed by atoms with Gasteiger partial charge in [-0.25, -0.2) is 0 Å². The lowest BCUT2D eigenvalue weighted by molar-refractivity contribution is -0.117. The second-order valence-electron chi connectivity index (χ2n) is 6.90. The molecular weight excluding hydrogens is 418 g/mol. The van der Waals surface area contributed by atoms with E-state index in [1.54, 1.807) is 37.6 Å². The fourth-order valence-electron chi connectivity index (χ4n) is 3.19. The van der Waals surface area contributed by atoms with Crippen LogP contribution in [0.15, 0.2) is 67.1 Å². The highest BCUT2D eigenvalue weighted by Crippen LogP contribution is 2.20. The van der Waals surface area contributed by atoms with Crippen molar-refractivity contribution < 1.29 is 14.3 Å². The van der Waals surface area contributed by atoms with E-state index in [1.165, 1.54) is 10.9 Å². The Bertz CT molecular complexity index is 1230. The summed E-state index contributed by atoms with van der Waals surface area (Å²) in [6.07, 6.45) is 4.95. The van der Waals surface area contributed by atoms with Gasteiger partial charge in [0.15, 0.2) is 0 Å². The molecule has 0 bridgehead atoms. The van der Waals surface area contributed by atoms with Gasteiger partial charge in [-0.05, 0) is 47.9 Å². The topological polar surface area (TPSA) is 90.2 Å². The molecular formula is C22H20ClN5O3. The predicted octanol–water partition coefficient (Wildman–Crippen LogP) is 3.78. The molecule has 0 aliphatic rings. The first kappa shape index (κ1) is 20.5. The molecule has 2 aromatic heterocycles. The minimum Gasteiger partial charge on any atom is -0.497 e. The molecule has 0 aliphatic heterocycles. The molecule has 4 aromatic rings. The lowest BCUT2D eigenvalue weighted by Gasteiger charge is -2.07. The summed E-state index contributed by atoms with van der Waals surface area (Å²) in [5.41, 5.74) is 2.05. The number of ether oxygens (including phenoxy) is 1. The van der Waals surface area contributed by atoms with Gasteiger partial charge in [0.05, 0.1) is 19.0 Å². The molecule has 2 aromatic carbocycles. The molecule has 2 N–H and O–H groups in total. The van der Waals surface area contributed by atoms with E-state index in [0.29, 0.717) is 22.1 Å². The molecule has 158 valence electrons. The fourth-order valence-corrected chi connectivity index (χ4v) is 3.35. The van der Waals surface area contributed by atoms with E-state index in [0.717, 1.165) is 10.9 Å². The Labute approximate surface area is 183 Å². The van der Waals surface area contributed by atoms with Gasteiger partial charge in [-0.1, -0.05) is 17.7 Å². The first-order valence-corrected chi connectivity index (χ1v) is 9.88. The van der Waals surface area contributed by atoms with Crippen molar-refractivity contribution in [1.82, 2.24) is 14.3 Å². The van der Waals surface area contributed by atoms with Crippen molar-refractivity contribution in [2.75, 3.05) is 17.7 Å². The summed E-state index contributed by atoms with van der Waals surface area (Å²) in [5, 5.41) is 11.3. The maximum absolute atomic E-state index is 12.4. The third-order valence-electron chi connectivity index (χ3n) is 4.65. The Hall–Kier alpha value is -3.78. The van der Waals surface area contributed by atoms with Crippen LogP contribution in [0.3, 0.4) is 0 Å². The van der Waals surface area contributed by atoms with Crippen LogP contribution in [0, 0.1) is 0 Å². The smallest absolute Gasteiger partial charge is 0.246 e. The number of carbonyl (C=O) groups excluding carboxylic acids is 2. The molecule has 0 atom stereocenters. The first-order valence-electron chi connectivity index (χ1n) is 9.51. The van der Waals surface area contributed by atoms with E-state index in [-0.39, 0.29) is 24.9 Å². The number of anilines is 2. The molecule has 0 unspecified atom stereocenters. The van der Waals surface area contributed by atoms with E-state index in [4.69, 9.17) is 16.3 Å². The highest BCUT2D eigenvalue weighted by molar-refractivity contribution is 6.31. The van der Waals surface area contributed by atoms with Crippen molar-refractivity contribution in [2.45, 2.75) is 13.1 Å². The summed E-state index contributed by atoms with van der Waals surface area (Å²) in [6.45, 7) is 0.148. The number of carbonyl (C=O) groups is 2. The standard InChI is InChI=1S/C22H20ClN5O3/c1-31-19-6-4-17(5-7-19)25-22(30)14-28-12-18(11-24-28)26-21(29)13-27-9-8-15-2-3-16(23)10-20(15)27/h2-12H,13-14H2,1H3,(H,25,30)(H,26,29). The minimum absolute atomic E-state index is 0.0165. The third-order valence-corrected chi connectivity index (χ3v) is 4.88. The Balaban J connectivity index is 1.33. The van der Waals surface area contributed by atoms with Crippen LogP contribution in [0.1, 0.15) is 0 Å². The summed E-state index contributed by atoms with van der Waals surface area (Å²) in [5.74, 6) is 0.267. The van der Waals surface area contributed by atoms with Gasteiger partial charge in [-0.2, -0.15) is 5.10 Å². The van der Waals surface area contributed by atoms with Gasteiger partial charge in [0, 0.05) is 28.6 Å². The van der Waals surface area contributed by atoms with Crippen LogP contribution >= 0.6 is 11.6 Å². The second kappa shape index (κ2) is 8.93. The summed E-state index contributed by atoms with van der Waals surface area (Å²) >= 11 is 6.06. The van der Waals surface area contributed by atoms with E-state index in [1.807, 2.05) is 35.0 Å². The van der Waals surface area contributed by atoms with E-state index in [9.17, 15) is 9.59 Å². The predicted molar refractivity (Wildman–Crippen MR) is 119 cm³/mol. The minimum atomic E-state index is -0.234. The van der Waals surface area contributed by atoms with Crippen molar-refractivity contribution in [1.29, 1.82) is 0 Å². The molecule has 0 saturated carbocycles. The van der Waals surface area contributed by atoms with Gasteiger partial charge in [0.1, 0.15) is 18.8 Å². The van der Waals surface area contributed by atoms with Crippen LogP contribution in [-0.2, 0) is 22.7 Å². The Morgan fingerprint density at radius 1 is 1.00 bits per heavy atom. The maximum atomic E-state index is 12.4. The van der Waals surface area contributed by atoms with Crippen molar-refractivity contribution in [2.24, 2.45) is 0 Å². The van der Waals surface area contributed by atoms with Crippen molar-refractivity contribution in [3.63, 3.8) is 0 Å². The van der Waals surface area contributed by atoms with Crippen LogP contribution in [0.25, 0.3) is 10.9 Å². The normalized spacial score (nSPS) is 10.8. The molecule has 8 nitrogen and oxygen atoms in total. The maximum Gasteiger partial charge on any atom is 0.246 e. The van der Waals surface area contributed by atoms with Crippen molar-refractivity contribution in [3.8, 4) is 5.75 Å². The van der Waals surface area contributed by atoms with Gasteiger partial charge in [0.2, 0.25) is 11.8 Å². The summed E-state index contributed by atoms with van der Waals surface area (Å²) in [4.78, 5) is 24.7. The molecule has 4 rings (SSSR count). The van der Waals surface area contributed by atoms with E-state index < -0.39 is 0 Å². The number of benzene rings is 2. The van der Waals surface area contributed by atoms with Crippen molar-refractivity contribution in [3.05, 3.63) is 72.1 Å². The molecule has 2 heterocycles. The molecule has 9 heteroatoms. The zero-order valence-electron chi connectivity index (χ0n) is 16.7. The van der Waals surface area contributed by atoms with Crippen LogP contribution in [0.5, 0.6) is 5.75 Å². The Morgan fingerprint density at radius 3 is 2.52 bits per heavy atom. The number of aromatic nitrogens is 3. The summed E-state index contributed by atoms with van der Waals surface area (Å²) < 4.78 is 8.37. The third kappa shape index (κ3) is 5.04. The SMILES string of the molecule is COc1ccc(NC(=O)Cn2cc(NC(=O)Cn3ccc4ccc(Cl)cc43)cn2)cc1. The number of nitrogens with one attached hydrogen (secondary N) is 2. The Kier molecular flexibility index (Phi) is 5.90. The van der Waals surface area contributed by atoms with Gasteiger partial charge >= 0.3 is 0 Å². The molecule has 0 fully saturated rings. The largest absolute Gasteiger partial charge is 0.497 e. The number of halogens is 1. The molecule has 0 saturated heterocycles. The molecule has 0 radical (unpaired) electrons. The quantitative estimate of drug-likeness (QED) is 0.460. The lowest BCUT2D eigenvalue weighted by Crippen LogP contribution is -2.19. The van der Waals surface area contributed by atoms with Crippen molar-refractivity contribution >= 4 is 45.7 Å².